The molecule has 2 rings (SSSR count). The summed E-state index contributed by atoms with van der Waals surface area (Å²) in [6.07, 6.45) is -2.46. The number of ether oxygens (including phenoxy) is 8. The lowest BCUT2D eigenvalue weighted by molar-refractivity contribution is -0.131. The standard InChI is InChI=1S/C48H74O12/c1-23-45(15,16)31-28-36(32(46(17,18)24-2)27-35(31)55-38(50)58-44(12,13)14)56-40(52)60-48(21,22)47(19,20)59-39(51)54-34-26-29(41(3,4)5)33(25-30(34)42(6,7)8)53-37(49)57-43(9,10)11/h25-28H,23-24H2,1-22H3. The SMILES string of the molecule is CCC(C)(C)c1cc(OC(=O)OC(C)(C)C(C)(C)OC(=O)Oc2cc(C(C)(C)C)c(OC(=O)OC(C)(C)C)cc2C(C)(C)C)c(C(C)(C)CC)cc1OC(=O)OC(C)(C)C. The van der Waals surface area contributed by atoms with E-state index in [1.807, 2.05) is 83.1 Å². The average Bonchev–Trinajstić information content (AvgIpc) is 3.02. The number of carbonyl (C=O) groups is 4. The van der Waals surface area contributed by atoms with Crippen molar-refractivity contribution in [2.24, 2.45) is 0 Å². The summed E-state index contributed by atoms with van der Waals surface area (Å²) in [5.41, 5.74) is -4.19. The van der Waals surface area contributed by atoms with Gasteiger partial charge < -0.3 is 37.9 Å². The lowest BCUT2D eigenvalue weighted by Gasteiger charge is -2.39. The highest BCUT2D eigenvalue weighted by Crippen LogP contribution is 2.45. The van der Waals surface area contributed by atoms with E-state index in [2.05, 4.69) is 0 Å². The number of hydrogen-bond acceptors (Lipinski definition) is 12. The smallest absolute Gasteiger partial charge is 0.428 e. The summed E-state index contributed by atoms with van der Waals surface area (Å²) < 4.78 is 46.2. The molecule has 0 aliphatic carbocycles. The normalized spacial score (nSPS) is 13.2. The van der Waals surface area contributed by atoms with E-state index in [0.717, 1.165) is 0 Å². The van der Waals surface area contributed by atoms with Crippen molar-refractivity contribution >= 4 is 24.6 Å². The maximum atomic E-state index is 13.8. The molecule has 0 saturated carbocycles. The molecule has 0 amide bonds. The van der Waals surface area contributed by atoms with Gasteiger partial charge in [0.1, 0.15) is 45.4 Å². The summed E-state index contributed by atoms with van der Waals surface area (Å²) in [5.74, 6) is 1.02. The molecule has 0 bridgehead atoms. The molecule has 12 nitrogen and oxygen atoms in total. The van der Waals surface area contributed by atoms with Crippen LogP contribution in [0.1, 0.15) is 187 Å². The molecule has 12 heteroatoms. The molecule has 0 atom stereocenters. The van der Waals surface area contributed by atoms with Gasteiger partial charge in [0.05, 0.1) is 0 Å². The molecule has 0 aliphatic heterocycles. The number of rotatable bonds is 11. The van der Waals surface area contributed by atoms with E-state index in [4.69, 9.17) is 37.9 Å². The summed E-state index contributed by atoms with van der Waals surface area (Å²) in [5, 5.41) is 0. The molecule has 0 aromatic heterocycles. The first-order valence-corrected chi connectivity index (χ1v) is 20.8. The molecule has 0 spiro atoms. The minimum atomic E-state index is -1.45. The molecule has 0 aliphatic rings. The third-order valence-electron chi connectivity index (χ3n) is 10.7. The minimum Gasteiger partial charge on any atom is -0.428 e. The third kappa shape index (κ3) is 14.0. The highest BCUT2D eigenvalue weighted by atomic mass is 16.8. The predicted octanol–water partition coefficient (Wildman–Crippen LogP) is 13.6. The largest absolute Gasteiger partial charge is 0.514 e. The summed E-state index contributed by atoms with van der Waals surface area (Å²) in [6.45, 7) is 40.5. The Bertz CT molecular complexity index is 1890. The van der Waals surface area contributed by atoms with Crippen molar-refractivity contribution in [3.63, 3.8) is 0 Å². The molecular weight excluding hydrogens is 769 g/mol. The molecule has 0 saturated heterocycles. The van der Waals surface area contributed by atoms with Crippen LogP contribution < -0.4 is 18.9 Å². The minimum absolute atomic E-state index is 0.207. The van der Waals surface area contributed by atoms with E-state index in [0.29, 0.717) is 40.8 Å². The Morgan fingerprint density at radius 1 is 0.367 bits per heavy atom. The van der Waals surface area contributed by atoms with Crippen molar-refractivity contribution in [2.45, 2.75) is 209 Å². The molecule has 60 heavy (non-hydrogen) atoms. The van der Waals surface area contributed by atoms with Gasteiger partial charge in [-0.15, -0.1) is 0 Å². The summed E-state index contributed by atoms with van der Waals surface area (Å²) >= 11 is 0. The van der Waals surface area contributed by atoms with Gasteiger partial charge in [0.15, 0.2) is 0 Å². The van der Waals surface area contributed by atoms with E-state index in [1.54, 1.807) is 93.5 Å². The van der Waals surface area contributed by atoms with Crippen LogP contribution in [-0.4, -0.2) is 47.0 Å². The number of benzene rings is 2. The molecule has 0 fully saturated rings. The Kier molecular flexibility index (Phi) is 15.4. The Morgan fingerprint density at radius 3 is 0.800 bits per heavy atom. The van der Waals surface area contributed by atoms with Crippen LogP contribution in [0.3, 0.4) is 0 Å². The van der Waals surface area contributed by atoms with Crippen LogP contribution >= 0.6 is 0 Å². The first kappa shape index (κ1) is 51.7. The van der Waals surface area contributed by atoms with E-state index >= 15 is 0 Å². The van der Waals surface area contributed by atoms with E-state index in [-0.39, 0.29) is 17.2 Å². The Morgan fingerprint density at radius 2 is 0.583 bits per heavy atom. The molecule has 0 unspecified atom stereocenters. The van der Waals surface area contributed by atoms with Gasteiger partial charge in [-0.2, -0.15) is 0 Å². The van der Waals surface area contributed by atoms with Crippen molar-refractivity contribution < 1.29 is 57.1 Å². The van der Waals surface area contributed by atoms with Gasteiger partial charge in [-0.25, -0.2) is 19.2 Å². The van der Waals surface area contributed by atoms with E-state index in [1.165, 1.54) is 0 Å². The first-order chi connectivity index (χ1) is 26.7. The monoisotopic (exact) mass is 843 g/mol. The highest BCUT2D eigenvalue weighted by Gasteiger charge is 2.46. The van der Waals surface area contributed by atoms with Gasteiger partial charge in [0.25, 0.3) is 0 Å². The van der Waals surface area contributed by atoms with Crippen LogP contribution in [0.5, 0.6) is 23.0 Å². The lowest BCUT2D eigenvalue weighted by atomic mass is 9.77. The van der Waals surface area contributed by atoms with Gasteiger partial charge in [0, 0.05) is 22.3 Å². The van der Waals surface area contributed by atoms with Gasteiger partial charge in [-0.1, -0.05) is 83.1 Å². The second-order valence-corrected chi connectivity index (χ2v) is 21.7. The predicted molar refractivity (Wildman–Crippen MR) is 233 cm³/mol. The van der Waals surface area contributed by atoms with Gasteiger partial charge in [-0.3, -0.25) is 0 Å². The molecule has 0 heterocycles. The fourth-order valence-electron chi connectivity index (χ4n) is 5.67. The summed E-state index contributed by atoms with van der Waals surface area (Å²) in [4.78, 5) is 53.1. The van der Waals surface area contributed by atoms with Crippen LogP contribution in [0, 0.1) is 0 Å². The van der Waals surface area contributed by atoms with Crippen LogP contribution in [0.4, 0.5) is 19.2 Å². The van der Waals surface area contributed by atoms with Crippen LogP contribution in [0.2, 0.25) is 0 Å². The summed E-state index contributed by atoms with van der Waals surface area (Å²) in [7, 11) is 0. The third-order valence-corrected chi connectivity index (χ3v) is 10.7. The second-order valence-electron chi connectivity index (χ2n) is 21.7. The zero-order valence-electron chi connectivity index (χ0n) is 40.6. The molecule has 0 N–H and O–H groups in total. The fourth-order valence-corrected chi connectivity index (χ4v) is 5.67. The average molecular weight is 843 g/mol. The van der Waals surface area contributed by atoms with E-state index in [9.17, 15) is 19.2 Å². The highest BCUT2D eigenvalue weighted by molar-refractivity contribution is 5.71. The van der Waals surface area contributed by atoms with Crippen molar-refractivity contribution in [1.29, 1.82) is 0 Å². The summed E-state index contributed by atoms with van der Waals surface area (Å²) in [6, 6.07) is 6.79. The van der Waals surface area contributed by atoms with Crippen LogP contribution in [0.25, 0.3) is 0 Å². The van der Waals surface area contributed by atoms with E-state index < -0.39 is 68.7 Å². The molecule has 2 aromatic rings. The number of carbonyl (C=O) groups excluding carboxylic acids is 4. The zero-order chi connectivity index (χ0) is 46.8. The Balaban J connectivity index is 2.51. The maximum absolute atomic E-state index is 13.8. The van der Waals surface area contributed by atoms with Crippen molar-refractivity contribution in [3.05, 3.63) is 46.5 Å². The second kappa shape index (κ2) is 17.9. The van der Waals surface area contributed by atoms with Crippen LogP contribution in [0.15, 0.2) is 24.3 Å². The molecule has 0 radical (unpaired) electrons. The zero-order valence-corrected chi connectivity index (χ0v) is 40.6. The van der Waals surface area contributed by atoms with Gasteiger partial charge in [-0.05, 0) is 128 Å². The van der Waals surface area contributed by atoms with Crippen molar-refractivity contribution in [3.8, 4) is 23.0 Å². The van der Waals surface area contributed by atoms with Gasteiger partial charge >= 0.3 is 24.6 Å². The Hall–Kier alpha value is -4.48. The van der Waals surface area contributed by atoms with Crippen molar-refractivity contribution in [1.82, 2.24) is 0 Å². The van der Waals surface area contributed by atoms with Crippen molar-refractivity contribution in [2.75, 3.05) is 0 Å². The maximum Gasteiger partial charge on any atom is 0.514 e. The molecular formula is C48H74O12. The van der Waals surface area contributed by atoms with Gasteiger partial charge in [0.2, 0.25) is 0 Å². The quantitative estimate of drug-likeness (QED) is 0.121. The van der Waals surface area contributed by atoms with Crippen LogP contribution in [-0.2, 0) is 40.6 Å². The topological polar surface area (TPSA) is 142 Å². The molecule has 2 aromatic carbocycles. The number of hydrogen-bond donors (Lipinski definition) is 0. The lowest BCUT2D eigenvalue weighted by Crippen LogP contribution is -2.52. The molecule has 338 valence electrons. The fraction of sp³-hybridized carbons (Fsp3) is 0.667. The Labute approximate surface area is 359 Å². The first-order valence-electron chi connectivity index (χ1n) is 20.8.